The van der Waals surface area contributed by atoms with Gasteiger partial charge in [-0.15, -0.1) is 0 Å². The summed E-state index contributed by atoms with van der Waals surface area (Å²) in [5, 5.41) is 41.6. The second kappa shape index (κ2) is 4.11. The molecule has 4 nitrogen and oxygen atoms in total. The van der Waals surface area contributed by atoms with Gasteiger partial charge < -0.3 is 0 Å². The second-order valence-corrected chi connectivity index (χ2v) is 14.1. The fraction of sp³-hybridized carbons (Fsp3) is 0.684. The summed E-state index contributed by atoms with van der Waals surface area (Å²) in [7, 11) is -1.76. The van der Waals surface area contributed by atoms with Crippen molar-refractivity contribution in [1.82, 2.24) is 0 Å². The highest BCUT2D eigenvalue weighted by atomic mass is 28.3. The summed E-state index contributed by atoms with van der Waals surface area (Å²) >= 11 is 0. The lowest BCUT2D eigenvalue weighted by molar-refractivity contribution is 0.111. The molecule has 4 aliphatic rings. The van der Waals surface area contributed by atoms with Gasteiger partial charge in [-0.1, -0.05) is 30.4 Å². The minimum Gasteiger partial charge on any atom is -0.196 e. The average molecular weight is 332 g/mol. The highest BCUT2D eigenvalue weighted by Crippen LogP contribution is 2.83. The molecule has 0 N–H and O–H groups in total. The summed E-state index contributed by atoms with van der Waals surface area (Å²) in [4.78, 5) is 0. The molecule has 0 aromatic carbocycles. The number of fused-ring (bicyclic) bond motifs is 4. The zero-order chi connectivity index (χ0) is 17.5. The molecule has 4 unspecified atom stereocenters. The molecule has 0 radical (unpaired) electrons. The Balaban J connectivity index is 2.16. The van der Waals surface area contributed by atoms with E-state index in [-0.39, 0.29) is 11.8 Å². The molecule has 4 bridgehead atoms. The summed E-state index contributed by atoms with van der Waals surface area (Å²) in [6.07, 6.45) is 3.87. The van der Waals surface area contributed by atoms with Crippen LogP contribution >= 0.6 is 0 Å². The molecule has 120 valence electrons. The molecular weight excluding hydrogens is 312 g/mol. The number of hydrogen-bond acceptors (Lipinski definition) is 4. The standard InChI is InChI=1S/C19H20N4Si/c1-24(2,3)16-14-7-19(13-5-4-12(6-13)15(16)19)18(10-22,11-23)17(14,8-20)9-21/h12-14H,4-7H2,1-3H3. The number of nitriles is 4. The summed E-state index contributed by atoms with van der Waals surface area (Å²) in [5.74, 6) is 0.534. The maximum atomic E-state index is 10.1. The first-order valence-electron chi connectivity index (χ1n) is 8.69. The molecule has 24 heavy (non-hydrogen) atoms. The Labute approximate surface area is 144 Å². The Kier molecular flexibility index (Phi) is 2.65. The monoisotopic (exact) mass is 332 g/mol. The Morgan fingerprint density at radius 1 is 0.958 bits per heavy atom. The Bertz CT molecular complexity index is 822. The summed E-state index contributed by atoms with van der Waals surface area (Å²) < 4.78 is 0. The van der Waals surface area contributed by atoms with Crippen LogP contribution in [0.25, 0.3) is 0 Å². The molecule has 3 saturated carbocycles. The largest absolute Gasteiger partial charge is 0.196 e. The first-order valence-corrected chi connectivity index (χ1v) is 12.2. The third-order valence-corrected chi connectivity index (χ3v) is 9.70. The van der Waals surface area contributed by atoms with Crippen molar-refractivity contribution in [3.05, 3.63) is 10.8 Å². The first kappa shape index (κ1) is 15.4. The predicted octanol–water partition coefficient (Wildman–Crippen LogP) is 3.68. The molecule has 4 aliphatic carbocycles. The fourth-order valence-corrected chi connectivity index (χ4v) is 9.54. The first-order chi connectivity index (χ1) is 11.3. The molecule has 3 fully saturated rings. The van der Waals surface area contributed by atoms with Crippen LogP contribution in [0.15, 0.2) is 10.8 Å². The number of allylic oxidation sites excluding steroid dienone is 2. The molecule has 0 aromatic heterocycles. The van der Waals surface area contributed by atoms with Crippen LogP contribution in [0, 0.1) is 79.3 Å². The quantitative estimate of drug-likeness (QED) is 0.684. The van der Waals surface area contributed by atoms with Crippen molar-refractivity contribution in [1.29, 1.82) is 21.0 Å². The van der Waals surface area contributed by atoms with Gasteiger partial charge in [0.25, 0.3) is 0 Å². The van der Waals surface area contributed by atoms with Crippen LogP contribution < -0.4 is 0 Å². The van der Waals surface area contributed by atoms with Crippen molar-refractivity contribution in [3.8, 4) is 24.3 Å². The third kappa shape index (κ3) is 1.17. The van der Waals surface area contributed by atoms with Crippen molar-refractivity contribution in [3.63, 3.8) is 0 Å². The molecule has 0 aromatic rings. The van der Waals surface area contributed by atoms with Crippen LogP contribution in [0.1, 0.15) is 25.7 Å². The lowest BCUT2D eigenvalue weighted by Gasteiger charge is -2.49. The Morgan fingerprint density at radius 3 is 2.08 bits per heavy atom. The molecule has 4 rings (SSSR count). The van der Waals surface area contributed by atoms with Gasteiger partial charge in [-0.05, 0) is 37.5 Å². The van der Waals surface area contributed by atoms with Gasteiger partial charge in [0.05, 0.1) is 32.4 Å². The van der Waals surface area contributed by atoms with Gasteiger partial charge in [-0.25, -0.2) is 0 Å². The van der Waals surface area contributed by atoms with Gasteiger partial charge in [0.15, 0.2) is 10.8 Å². The lowest BCUT2D eigenvalue weighted by Crippen LogP contribution is -2.53. The van der Waals surface area contributed by atoms with Gasteiger partial charge in [0, 0.05) is 11.3 Å². The normalized spacial score (nSPS) is 39.7. The van der Waals surface area contributed by atoms with Gasteiger partial charge in [0.2, 0.25) is 0 Å². The maximum absolute atomic E-state index is 10.1. The zero-order valence-corrected chi connectivity index (χ0v) is 15.3. The number of nitrogens with zero attached hydrogens (tertiary/aromatic N) is 4. The summed E-state index contributed by atoms with van der Waals surface area (Å²) in [5.41, 5.74) is -2.20. The lowest BCUT2D eigenvalue weighted by atomic mass is 9.49. The van der Waals surface area contributed by atoms with E-state index in [0.29, 0.717) is 12.3 Å². The van der Waals surface area contributed by atoms with Crippen molar-refractivity contribution in [2.24, 2.45) is 34.0 Å². The smallest absolute Gasteiger partial charge is 0.185 e. The van der Waals surface area contributed by atoms with Crippen molar-refractivity contribution in [2.75, 3.05) is 0 Å². The topological polar surface area (TPSA) is 95.2 Å². The van der Waals surface area contributed by atoms with E-state index in [1.54, 1.807) is 0 Å². The van der Waals surface area contributed by atoms with E-state index in [1.807, 2.05) is 0 Å². The van der Waals surface area contributed by atoms with Gasteiger partial charge in [-0.2, -0.15) is 21.0 Å². The molecule has 0 heterocycles. The van der Waals surface area contributed by atoms with Gasteiger partial charge >= 0.3 is 0 Å². The summed E-state index contributed by atoms with van der Waals surface area (Å²) in [6, 6.07) is 8.90. The van der Waals surface area contributed by atoms with Crippen LogP contribution in [0.4, 0.5) is 0 Å². The van der Waals surface area contributed by atoms with Crippen molar-refractivity contribution < 1.29 is 0 Å². The SMILES string of the molecule is C[Si](C)(C)C1=C2C3CCC(C3)C23CC1C(C#N)(C#N)C3(C#N)C#N. The maximum Gasteiger partial charge on any atom is 0.185 e. The number of hydrogen-bond donors (Lipinski definition) is 0. The highest BCUT2D eigenvalue weighted by molar-refractivity contribution is 6.83. The molecular formula is C19H20N4Si. The van der Waals surface area contributed by atoms with Gasteiger partial charge in [0.1, 0.15) is 0 Å². The molecule has 5 heteroatoms. The predicted molar refractivity (Wildman–Crippen MR) is 89.1 cm³/mol. The molecule has 0 aliphatic heterocycles. The minimum atomic E-state index is -1.76. The van der Waals surface area contributed by atoms with Crippen LogP contribution in [0.2, 0.25) is 19.6 Å². The van der Waals surface area contributed by atoms with E-state index in [2.05, 4.69) is 43.9 Å². The van der Waals surface area contributed by atoms with E-state index in [1.165, 1.54) is 10.8 Å². The number of rotatable bonds is 1. The van der Waals surface area contributed by atoms with Crippen LogP contribution in [0.5, 0.6) is 0 Å². The molecule has 4 atom stereocenters. The van der Waals surface area contributed by atoms with E-state index in [0.717, 1.165) is 19.3 Å². The van der Waals surface area contributed by atoms with Crippen molar-refractivity contribution in [2.45, 2.75) is 45.3 Å². The average Bonchev–Trinajstić information content (AvgIpc) is 3.25. The van der Waals surface area contributed by atoms with E-state index >= 15 is 0 Å². The van der Waals surface area contributed by atoms with E-state index in [4.69, 9.17) is 0 Å². The third-order valence-electron chi connectivity index (χ3n) is 7.46. The molecule has 0 amide bonds. The van der Waals surface area contributed by atoms with E-state index < -0.39 is 24.3 Å². The minimum absolute atomic E-state index is 0.225. The van der Waals surface area contributed by atoms with Crippen LogP contribution in [-0.4, -0.2) is 8.07 Å². The molecule has 1 spiro atoms. The van der Waals surface area contributed by atoms with Crippen LogP contribution in [0.3, 0.4) is 0 Å². The second-order valence-electron chi connectivity index (χ2n) is 9.02. The van der Waals surface area contributed by atoms with E-state index in [9.17, 15) is 21.0 Å². The Morgan fingerprint density at radius 2 is 1.58 bits per heavy atom. The van der Waals surface area contributed by atoms with Crippen LogP contribution in [-0.2, 0) is 0 Å². The van der Waals surface area contributed by atoms with Gasteiger partial charge in [-0.3, -0.25) is 0 Å². The Hall–Kier alpha value is -2.08. The van der Waals surface area contributed by atoms with Crippen molar-refractivity contribution >= 4 is 8.07 Å². The molecule has 0 saturated heterocycles. The summed E-state index contributed by atoms with van der Waals surface area (Å²) in [6.45, 7) is 6.82. The highest BCUT2D eigenvalue weighted by Gasteiger charge is 2.84. The fourth-order valence-electron chi connectivity index (χ4n) is 6.94. The zero-order valence-electron chi connectivity index (χ0n) is 14.3.